The molecule has 0 saturated carbocycles. The number of methoxy groups -OCH3 is 1. The van der Waals surface area contributed by atoms with Crippen LogP contribution in [-0.4, -0.2) is 51.4 Å². The quantitative estimate of drug-likeness (QED) is 0.174. The number of carbonyl (C=O) groups excluding carboxylic acids is 2. The molecule has 46 heavy (non-hydrogen) atoms. The summed E-state index contributed by atoms with van der Waals surface area (Å²) in [7, 11) is -2.60. The second kappa shape index (κ2) is 16.1. The standard InChI is InChI=1S/C37H43N3O5S/c1-5-23-38-37(42)35(25-29-13-8-7-9-14-29)39(26-30-15-12-17-32(24-30)45-4)36(41)27-40(34-18-11-10-16-31(34)6-2)46(43,44)33-21-19-28(3)20-22-33/h7-22,24,35H,5-6,23,25-27H2,1-4H3,(H,38,42)/t35-/m1/s1. The molecule has 9 heteroatoms. The number of rotatable bonds is 15. The van der Waals surface area contributed by atoms with Gasteiger partial charge in [0.05, 0.1) is 17.7 Å². The minimum atomic E-state index is -4.17. The molecular weight excluding hydrogens is 598 g/mol. The molecule has 0 aliphatic rings. The maximum Gasteiger partial charge on any atom is 0.264 e. The topological polar surface area (TPSA) is 96.0 Å². The highest BCUT2D eigenvalue weighted by Gasteiger charge is 2.35. The SMILES string of the molecule is CCCNC(=O)[C@@H](Cc1ccccc1)N(Cc1cccc(OC)c1)C(=O)CN(c1ccccc1CC)S(=O)(=O)c1ccc(C)cc1. The Kier molecular flexibility index (Phi) is 12.0. The first-order chi connectivity index (χ1) is 22.2. The number of hydrogen-bond donors (Lipinski definition) is 1. The molecular formula is C37H43N3O5S. The summed E-state index contributed by atoms with van der Waals surface area (Å²) in [6, 6.07) is 29.7. The van der Waals surface area contributed by atoms with Crippen LogP contribution in [0.4, 0.5) is 5.69 Å². The molecule has 0 unspecified atom stereocenters. The number of para-hydroxylation sites is 1. The number of hydrogen-bond acceptors (Lipinski definition) is 5. The van der Waals surface area contributed by atoms with Crippen LogP contribution in [0.15, 0.2) is 108 Å². The predicted molar refractivity (Wildman–Crippen MR) is 182 cm³/mol. The van der Waals surface area contributed by atoms with Crippen LogP contribution >= 0.6 is 0 Å². The monoisotopic (exact) mass is 641 g/mol. The largest absolute Gasteiger partial charge is 0.497 e. The van der Waals surface area contributed by atoms with Gasteiger partial charge in [0, 0.05) is 19.5 Å². The summed E-state index contributed by atoms with van der Waals surface area (Å²) in [5.74, 6) is -0.193. The summed E-state index contributed by atoms with van der Waals surface area (Å²) in [6.07, 6.45) is 1.54. The van der Waals surface area contributed by atoms with Crippen molar-refractivity contribution in [1.82, 2.24) is 10.2 Å². The van der Waals surface area contributed by atoms with Crippen LogP contribution in [0.3, 0.4) is 0 Å². The molecule has 2 amide bonds. The Bertz CT molecular complexity index is 1710. The van der Waals surface area contributed by atoms with Gasteiger partial charge in [0.2, 0.25) is 11.8 Å². The number of amides is 2. The van der Waals surface area contributed by atoms with Crippen molar-refractivity contribution in [2.45, 2.75) is 57.5 Å². The zero-order chi connectivity index (χ0) is 33.1. The first-order valence-electron chi connectivity index (χ1n) is 15.6. The minimum Gasteiger partial charge on any atom is -0.497 e. The summed E-state index contributed by atoms with van der Waals surface area (Å²) in [5.41, 5.74) is 3.75. The summed E-state index contributed by atoms with van der Waals surface area (Å²) < 4.78 is 35.2. The fraction of sp³-hybridized carbons (Fsp3) is 0.297. The minimum absolute atomic E-state index is 0.0704. The molecule has 0 heterocycles. The van der Waals surface area contributed by atoms with Gasteiger partial charge in [0.15, 0.2) is 0 Å². The number of anilines is 1. The molecule has 0 aromatic heterocycles. The molecule has 4 aromatic rings. The second-order valence-electron chi connectivity index (χ2n) is 11.2. The van der Waals surface area contributed by atoms with E-state index in [1.165, 1.54) is 9.21 Å². The van der Waals surface area contributed by atoms with Gasteiger partial charge in [-0.15, -0.1) is 0 Å². The van der Waals surface area contributed by atoms with Crippen LogP contribution in [0.2, 0.25) is 0 Å². The number of carbonyl (C=O) groups is 2. The number of nitrogens with one attached hydrogen (secondary N) is 1. The molecule has 0 radical (unpaired) electrons. The van der Waals surface area contributed by atoms with Crippen LogP contribution in [-0.2, 0) is 39.0 Å². The van der Waals surface area contributed by atoms with Gasteiger partial charge in [-0.1, -0.05) is 92.2 Å². The van der Waals surface area contributed by atoms with E-state index in [1.54, 1.807) is 43.5 Å². The molecule has 242 valence electrons. The van der Waals surface area contributed by atoms with E-state index in [2.05, 4.69) is 5.32 Å². The molecule has 0 fully saturated rings. The zero-order valence-electron chi connectivity index (χ0n) is 27.0. The highest BCUT2D eigenvalue weighted by Crippen LogP contribution is 2.29. The fourth-order valence-electron chi connectivity index (χ4n) is 5.29. The molecule has 1 N–H and O–H groups in total. The van der Waals surface area contributed by atoms with Gasteiger partial charge in [-0.3, -0.25) is 13.9 Å². The molecule has 4 aromatic carbocycles. The van der Waals surface area contributed by atoms with Crippen LogP contribution in [0.25, 0.3) is 0 Å². The van der Waals surface area contributed by atoms with Crippen LogP contribution in [0.5, 0.6) is 5.75 Å². The maximum atomic E-state index is 14.6. The number of ether oxygens (including phenoxy) is 1. The van der Waals surface area contributed by atoms with E-state index in [1.807, 2.05) is 87.5 Å². The highest BCUT2D eigenvalue weighted by atomic mass is 32.2. The van der Waals surface area contributed by atoms with E-state index in [9.17, 15) is 18.0 Å². The maximum absolute atomic E-state index is 14.6. The predicted octanol–water partition coefficient (Wildman–Crippen LogP) is 5.93. The summed E-state index contributed by atoms with van der Waals surface area (Å²) in [5, 5.41) is 2.97. The van der Waals surface area contributed by atoms with Gasteiger partial charge < -0.3 is 15.0 Å². The Morgan fingerprint density at radius 2 is 1.52 bits per heavy atom. The van der Waals surface area contributed by atoms with E-state index in [0.717, 1.165) is 28.7 Å². The van der Waals surface area contributed by atoms with E-state index < -0.39 is 28.5 Å². The molecule has 0 spiro atoms. The van der Waals surface area contributed by atoms with Crippen molar-refractivity contribution in [2.24, 2.45) is 0 Å². The number of nitrogens with zero attached hydrogens (tertiary/aromatic N) is 2. The fourth-order valence-corrected chi connectivity index (χ4v) is 6.74. The van der Waals surface area contributed by atoms with E-state index >= 15 is 0 Å². The normalized spacial score (nSPS) is 11.8. The van der Waals surface area contributed by atoms with E-state index in [-0.39, 0.29) is 23.8 Å². The van der Waals surface area contributed by atoms with Crippen molar-refractivity contribution in [3.05, 3.63) is 125 Å². The van der Waals surface area contributed by atoms with E-state index in [4.69, 9.17) is 4.74 Å². The van der Waals surface area contributed by atoms with Gasteiger partial charge in [-0.2, -0.15) is 0 Å². The number of sulfonamides is 1. The summed E-state index contributed by atoms with van der Waals surface area (Å²) in [4.78, 5) is 30.0. The first kappa shape index (κ1) is 34.2. The molecule has 0 saturated heterocycles. The lowest BCUT2D eigenvalue weighted by molar-refractivity contribution is -0.140. The van der Waals surface area contributed by atoms with Gasteiger partial charge in [-0.05, 0) is 66.8 Å². The van der Waals surface area contributed by atoms with Gasteiger partial charge >= 0.3 is 0 Å². The van der Waals surface area contributed by atoms with Crippen LogP contribution in [0.1, 0.15) is 42.5 Å². The van der Waals surface area contributed by atoms with E-state index in [0.29, 0.717) is 24.4 Å². The molecule has 0 aliphatic heterocycles. The third kappa shape index (κ3) is 8.54. The Labute approximate surface area is 273 Å². The molecule has 8 nitrogen and oxygen atoms in total. The van der Waals surface area contributed by atoms with Crippen molar-refractivity contribution in [3.63, 3.8) is 0 Å². The van der Waals surface area contributed by atoms with Crippen molar-refractivity contribution < 1.29 is 22.7 Å². The zero-order valence-corrected chi connectivity index (χ0v) is 27.8. The van der Waals surface area contributed by atoms with Gasteiger partial charge in [0.25, 0.3) is 10.0 Å². The summed E-state index contributed by atoms with van der Waals surface area (Å²) >= 11 is 0. The highest BCUT2D eigenvalue weighted by molar-refractivity contribution is 7.92. The molecule has 1 atom stereocenters. The average molecular weight is 642 g/mol. The lowest BCUT2D eigenvalue weighted by atomic mass is 10.0. The van der Waals surface area contributed by atoms with Crippen LogP contribution < -0.4 is 14.4 Å². The smallest absolute Gasteiger partial charge is 0.264 e. The second-order valence-corrected chi connectivity index (χ2v) is 13.0. The third-order valence-corrected chi connectivity index (χ3v) is 9.61. The number of benzene rings is 4. The van der Waals surface area contributed by atoms with Crippen molar-refractivity contribution in [2.75, 3.05) is 24.5 Å². The molecule has 0 bridgehead atoms. The van der Waals surface area contributed by atoms with Crippen molar-refractivity contribution in [1.29, 1.82) is 0 Å². The van der Waals surface area contributed by atoms with Crippen molar-refractivity contribution >= 4 is 27.5 Å². The van der Waals surface area contributed by atoms with Crippen LogP contribution in [0, 0.1) is 6.92 Å². The summed E-state index contributed by atoms with van der Waals surface area (Å²) in [6.45, 7) is 5.82. The average Bonchev–Trinajstić information content (AvgIpc) is 3.08. The Balaban J connectivity index is 1.83. The van der Waals surface area contributed by atoms with Gasteiger partial charge in [0.1, 0.15) is 18.3 Å². The van der Waals surface area contributed by atoms with Gasteiger partial charge in [-0.25, -0.2) is 8.42 Å². The Morgan fingerprint density at radius 1 is 0.848 bits per heavy atom. The molecule has 4 rings (SSSR count). The first-order valence-corrected chi connectivity index (χ1v) is 17.0. The Hall–Kier alpha value is -4.63. The third-order valence-electron chi connectivity index (χ3n) is 7.84. The lowest BCUT2D eigenvalue weighted by Crippen LogP contribution is -2.53. The number of aryl methyl sites for hydroxylation is 2. The van der Waals surface area contributed by atoms with Crippen molar-refractivity contribution in [3.8, 4) is 5.75 Å². The molecule has 0 aliphatic carbocycles. The lowest BCUT2D eigenvalue weighted by Gasteiger charge is -2.34. The Morgan fingerprint density at radius 3 is 2.20 bits per heavy atom.